The van der Waals surface area contributed by atoms with E-state index in [4.69, 9.17) is 9.84 Å². The van der Waals surface area contributed by atoms with E-state index in [1.54, 1.807) is 19.2 Å². The number of pyridine rings is 1. The van der Waals surface area contributed by atoms with Crippen LogP contribution in [-0.2, 0) is 4.79 Å². The fourth-order valence-electron chi connectivity index (χ4n) is 4.57. The van der Waals surface area contributed by atoms with Gasteiger partial charge in [0.15, 0.2) is 11.5 Å². The predicted octanol–water partition coefficient (Wildman–Crippen LogP) is 1.88. The molecule has 9 nitrogen and oxygen atoms in total. The van der Waals surface area contributed by atoms with E-state index in [0.29, 0.717) is 55.0 Å². The maximum Gasteiger partial charge on any atom is 0.256 e. The number of aliphatic hydroxyl groups excluding tert-OH is 1. The second-order valence-corrected chi connectivity index (χ2v) is 8.45. The van der Waals surface area contributed by atoms with Crippen molar-refractivity contribution >= 4 is 28.4 Å². The molecule has 1 fully saturated rings. The fourth-order valence-corrected chi connectivity index (χ4v) is 4.57. The number of ether oxygens (including phenoxy) is 1. The van der Waals surface area contributed by atoms with E-state index in [-0.39, 0.29) is 30.1 Å². The second kappa shape index (κ2) is 8.83. The summed E-state index contributed by atoms with van der Waals surface area (Å²) in [5.41, 5.74) is 1.87. The quantitative estimate of drug-likeness (QED) is 0.439. The molecule has 9 heteroatoms. The Balaban J connectivity index is 1.64. The van der Waals surface area contributed by atoms with Crippen LogP contribution in [0.15, 0.2) is 47.4 Å². The second-order valence-electron chi connectivity index (χ2n) is 8.45. The lowest BCUT2D eigenvalue weighted by atomic mass is 10.1. The first-order chi connectivity index (χ1) is 16.5. The Hall–Kier alpha value is -3.85. The van der Waals surface area contributed by atoms with Gasteiger partial charge in [-0.05, 0) is 30.7 Å². The zero-order valence-electron chi connectivity index (χ0n) is 18.9. The van der Waals surface area contributed by atoms with Gasteiger partial charge in [-0.3, -0.25) is 14.4 Å². The number of hydrogen-bond donors (Lipinski definition) is 2. The summed E-state index contributed by atoms with van der Waals surface area (Å²) in [6.07, 6.45) is 1.98. The number of carbonyl (C=O) groups is 2. The Morgan fingerprint density at radius 2 is 1.82 bits per heavy atom. The molecule has 176 valence electrons. The van der Waals surface area contributed by atoms with Gasteiger partial charge in [0.25, 0.3) is 5.91 Å². The number of amides is 2. The van der Waals surface area contributed by atoms with Gasteiger partial charge in [0.1, 0.15) is 11.1 Å². The van der Waals surface area contributed by atoms with Crippen molar-refractivity contribution in [1.29, 1.82) is 0 Å². The van der Waals surface area contributed by atoms with Gasteiger partial charge in [-0.2, -0.15) is 0 Å². The molecular weight excluding hydrogens is 436 g/mol. The zero-order chi connectivity index (χ0) is 23.8. The summed E-state index contributed by atoms with van der Waals surface area (Å²) in [6, 6.07) is 11.1. The number of para-hydroxylation sites is 2. The number of anilines is 1. The molecule has 2 aliphatic rings. The van der Waals surface area contributed by atoms with Gasteiger partial charge in [-0.25, -0.2) is 0 Å². The van der Waals surface area contributed by atoms with E-state index in [0.717, 1.165) is 11.4 Å². The van der Waals surface area contributed by atoms with Crippen LogP contribution in [0.1, 0.15) is 23.7 Å². The summed E-state index contributed by atoms with van der Waals surface area (Å²) >= 11 is 0. The molecule has 0 saturated carbocycles. The largest absolute Gasteiger partial charge is 0.451 e. The van der Waals surface area contributed by atoms with Crippen LogP contribution in [0, 0.1) is 0 Å². The lowest BCUT2D eigenvalue weighted by Crippen LogP contribution is -2.48. The highest BCUT2D eigenvalue weighted by Gasteiger charge is 2.29. The molecule has 0 atom stereocenters. The molecule has 0 unspecified atom stereocenters. The van der Waals surface area contributed by atoms with E-state index in [9.17, 15) is 14.4 Å². The van der Waals surface area contributed by atoms with Gasteiger partial charge in [0.05, 0.1) is 16.8 Å². The van der Waals surface area contributed by atoms with Gasteiger partial charge in [-0.1, -0.05) is 12.1 Å². The topological polar surface area (TPSA) is 104 Å². The van der Waals surface area contributed by atoms with Crippen LogP contribution in [0.4, 0.5) is 5.69 Å². The molecule has 34 heavy (non-hydrogen) atoms. The first-order valence-electron chi connectivity index (χ1n) is 11.4. The number of nitrogens with zero attached hydrogens (tertiary/aromatic N) is 3. The standard InChI is InChI=1S/C25H26N4O5/c1-16(31)27-10-12-28(13-11-27)20-8-7-17-22-24(20)34-21-6-3-2-5-19(21)29(22)15-18(23(17)32)25(33)26-9-4-14-30/h2-3,5-8,15,30H,4,9-14H2,1H3,(H,26,33). The highest BCUT2D eigenvalue weighted by Crippen LogP contribution is 2.45. The molecule has 2 amide bonds. The Kier molecular flexibility index (Phi) is 5.70. The third kappa shape index (κ3) is 3.67. The van der Waals surface area contributed by atoms with Crippen molar-refractivity contribution in [3.8, 4) is 17.2 Å². The first-order valence-corrected chi connectivity index (χ1v) is 11.4. The van der Waals surface area contributed by atoms with Crippen molar-refractivity contribution in [1.82, 2.24) is 14.8 Å². The van der Waals surface area contributed by atoms with Gasteiger partial charge in [-0.15, -0.1) is 0 Å². The van der Waals surface area contributed by atoms with Gasteiger partial charge in [0, 0.05) is 52.5 Å². The maximum absolute atomic E-state index is 13.3. The summed E-state index contributed by atoms with van der Waals surface area (Å²) in [5.74, 6) is 0.778. The Bertz CT molecular complexity index is 1340. The average molecular weight is 463 g/mol. The fraction of sp³-hybridized carbons (Fsp3) is 0.320. The van der Waals surface area contributed by atoms with Crippen molar-refractivity contribution in [2.24, 2.45) is 0 Å². The van der Waals surface area contributed by atoms with Crippen LogP contribution >= 0.6 is 0 Å². The molecule has 1 aromatic heterocycles. The number of aromatic nitrogens is 1. The number of benzene rings is 2. The number of nitrogens with one attached hydrogen (secondary N) is 1. The molecule has 0 aliphatic carbocycles. The van der Waals surface area contributed by atoms with Crippen LogP contribution in [-0.4, -0.2) is 65.7 Å². The lowest BCUT2D eigenvalue weighted by Gasteiger charge is -2.37. The molecule has 3 heterocycles. The van der Waals surface area contributed by atoms with E-state index >= 15 is 0 Å². The molecule has 3 aromatic rings. The molecular formula is C25H26N4O5. The highest BCUT2D eigenvalue weighted by molar-refractivity contribution is 6.01. The Labute approximate surface area is 196 Å². The molecule has 5 rings (SSSR count). The minimum absolute atomic E-state index is 0.0379. The minimum atomic E-state index is -0.473. The number of carbonyl (C=O) groups excluding carboxylic acids is 2. The van der Waals surface area contributed by atoms with Crippen molar-refractivity contribution in [2.45, 2.75) is 13.3 Å². The monoisotopic (exact) mass is 462 g/mol. The van der Waals surface area contributed by atoms with Crippen LogP contribution in [0.25, 0.3) is 16.6 Å². The third-order valence-electron chi connectivity index (χ3n) is 6.37. The molecule has 2 N–H and O–H groups in total. The van der Waals surface area contributed by atoms with Crippen LogP contribution in [0.2, 0.25) is 0 Å². The van der Waals surface area contributed by atoms with Crippen LogP contribution < -0.4 is 20.4 Å². The highest BCUT2D eigenvalue weighted by atomic mass is 16.5. The smallest absolute Gasteiger partial charge is 0.256 e. The zero-order valence-corrected chi connectivity index (χ0v) is 18.9. The van der Waals surface area contributed by atoms with E-state index in [1.807, 2.05) is 39.8 Å². The predicted molar refractivity (Wildman–Crippen MR) is 128 cm³/mol. The molecule has 0 spiro atoms. The molecule has 2 aromatic carbocycles. The van der Waals surface area contributed by atoms with Gasteiger partial charge in [0.2, 0.25) is 11.3 Å². The van der Waals surface area contributed by atoms with Crippen LogP contribution in [0.3, 0.4) is 0 Å². The summed E-state index contributed by atoms with van der Waals surface area (Å²) in [7, 11) is 0. The molecule has 2 aliphatic heterocycles. The minimum Gasteiger partial charge on any atom is -0.451 e. The summed E-state index contributed by atoms with van der Waals surface area (Å²) in [6.45, 7) is 4.35. The maximum atomic E-state index is 13.3. The van der Waals surface area contributed by atoms with Gasteiger partial charge >= 0.3 is 0 Å². The SMILES string of the molecule is CC(=O)N1CCN(c2ccc3c(=O)c(C(=O)NCCCO)cn4c3c2Oc2ccccc2-4)CC1. The number of rotatable bonds is 5. The van der Waals surface area contributed by atoms with Gasteiger partial charge < -0.3 is 29.5 Å². The lowest BCUT2D eigenvalue weighted by molar-refractivity contribution is -0.129. The third-order valence-corrected chi connectivity index (χ3v) is 6.37. The van der Waals surface area contributed by atoms with E-state index in [1.165, 1.54) is 0 Å². The average Bonchev–Trinajstić information content (AvgIpc) is 2.85. The van der Waals surface area contributed by atoms with Crippen molar-refractivity contribution in [3.63, 3.8) is 0 Å². The normalized spacial score (nSPS) is 14.5. The number of fused-ring (bicyclic) bond motifs is 2. The molecule has 1 saturated heterocycles. The number of hydrogen-bond acceptors (Lipinski definition) is 6. The number of piperazine rings is 1. The van der Waals surface area contributed by atoms with E-state index < -0.39 is 5.91 Å². The van der Waals surface area contributed by atoms with E-state index in [2.05, 4.69) is 10.2 Å². The first kappa shape index (κ1) is 22.0. The van der Waals surface area contributed by atoms with Crippen molar-refractivity contribution in [2.75, 3.05) is 44.2 Å². The number of aliphatic hydroxyl groups is 1. The summed E-state index contributed by atoms with van der Waals surface area (Å²) in [5, 5.41) is 12.1. The molecule has 0 radical (unpaired) electrons. The molecule has 0 bridgehead atoms. The van der Waals surface area contributed by atoms with Crippen molar-refractivity contribution in [3.05, 3.63) is 58.4 Å². The summed E-state index contributed by atoms with van der Waals surface area (Å²) < 4.78 is 8.18. The Morgan fingerprint density at radius 1 is 1.06 bits per heavy atom. The Morgan fingerprint density at radius 3 is 2.56 bits per heavy atom. The summed E-state index contributed by atoms with van der Waals surface area (Å²) in [4.78, 5) is 41.8. The van der Waals surface area contributed by atoms with Crippen LogP contribution in [0.5, 0.6) is 11.5 Å². The van der Waals surface area contributed by atoms with Crippen molar-refractivity contribution < 1.29 is 19.4 Å².